The average molecular weight is 225 g/mol. The lowest BCUT2D eigenvalue weighted by Gasteiger charge is -2.37. The summed E-state index contributed by atoms with van der Waals surface area (Å²) in [4.78, 5) is 11.0. The first kappa shape index (κ1) is 12.0. The molecule has 0 N–H and O–H groups in total. The van der Waals surface area contributed by atoms with E-state index in [0.717, 1.165) is 0 Å². The molecule has 0 radical (unpaired) electrons. The molecule has 0 aromatic rings. The fourth-order valence-electron chi connectivity index (χ4n) is 2.10. The maximum Gasteiger partial charge on any atom is 0.157 e. The molecule has 0 aromatic heterocycles. The van der Waals surface area contributed by atoms with Crippen LogP contribution in [0.4, 0.5) is 0 Å². The third kappa shape index (κ3) is 3.81. The quantitative estimate of drug-likeness (QED) is 0.412. The topological polar surface area (TPSA) is 18.5 Å². The number of hydrogen-bond acceptors (Lipinski definition) is 2. The van der Waals surface area contributed by atoms with Gasteiger partial charge in [-0.3, -0.25) is 0 Å². The SMILES string of the molecule is [2H]C#CC(C)(C)OOC(C)(C)C1CCCCC1. The van der Waals surface area contributed by atoms with Gasteiger partial charge in [-0.1, -0.05) is 25.2 Å². The zero-order valence-corrected chi connectivity index (χ0v) is 10.9. The standard InChI is InChI=1S/C14H24O2/c1-6-13(2,3)15-16-14(4,5)12-10-8-7-9-11-12/h1,12H,7-11H2,2-5H3/i1D. The predicted octanol–water partition coefficient (Wildman–Crippen LogP) is 3.71. The summed E-state index contributed by atoms with van der Waals surface area (Å²) in [5, 5.41) is 0. The molecule has 0 bridgehead atoms. The van der Waals surface area contributed by atoms with Crippen LogP contribution >= 0.6 is 0 Å². The van der Waals surface area contributed by atoms with Crippen LogP contribution in [0.25, 0.3) is 0 Å². The summed E-state index contributed by atoms with van der Waals surface area (Å²) >= 11 is 0. The summed E-state index contributed by atoms with van der Waals surface area (Å²) in [6, 6.07) is 0. The van der Waals surface area contributed by atoms with E-state index in [0.29, 0.717) is 5.92 Å². The first-order chi connectivity index (χ1) is 7.87. The fourth-order valence-corrected chi connectivity index (χ4v) is 2.10. The Bertz CT molecular complexity index is 293. The van der Waals surface area contributed by atoms with Crippen molar-refractivity contribution >= 4 is 0 Å². The van der Waals surface area contributed by atoms with E-state index in [9.17, 15) is 0 Å². The Hall–Kier alpha value is -0.520. The van der Waals surface area contributed by atoms with E-state index in [1.54, 1.807) is 0 Å². The van der Waals surface area contributed by atoms with E-state index in [4.69, 9.17) is 11.1 Å². The molecule has 16 heavy (non-hydrogen) atoms. The Morgan fingerprint density at radius 1 is 1.12 bits per heavy atom. The molecule has 1 saturated carbocycles. The molecule has 1 fully saturated rings. The summed E-state index contributed by atoms with van der Waals surface area (Å²) < 4.78 is 6.89. The minimum Gasteiger partial charge on any atom is -0.229 e. The smallest absolute Gasteiger partial charge is 0.157 e. The molecule has 92 valence electrons. The summed E-state index contributed by atoms with van der Waals surface area (Å²) in [6.07, 6.45) is 8.44. The Balaban J connectivity index is 2.50. The molecule has 0 aromatic carbocycles. The highest BCUT2D eigenvalue weighted by atomic mass is 17.2. The van der Waals surface area contributed by atoms with Gasteiger partial charge in [-0.15, -0.1) is 6.40 Å². The van der Waals surface area contributed by atoms with Crippen LogP contribution in [0.15, 0.2) is 0 Å². The molecule has 2 heteroatoms. The third-order valence-corrected chi connectivity index (χ3v) is 3.35. The van der Waals surface area contributed by atoms with Crippen molar-refractivity contribution in [2.24, 2.45) is 5.92 Å². The van der Waals surface area contributed by atoms with Crippen LogP contribution in [0, 0.1) is 18.2 Å². The van der Waals surface area contributed by atoms with Crippen molar-refractivity contribution in [3.8, 4) is 12.3 Å². The lowest BCUT2D eigenvalue weighted by Crippen LogP contribution is -2.38. The second kappa shape index (κ2) is 5.21. The van der Waals surface area contributed by atoms with Crippen molar-refractivity contribution in [2.75, 3.05) is 0 Å². The highest BCUT2D eigenvalue weighted by Gasteiger charge is 2.34. The zero-order valence-electron chi connectivity index (χ0n) is 11.9. The van der Waals surface area contributed by atoms with Crippen molar-refractivity contribution in [2.45, 2.75) is 71.0 Å². The Morgan fingerprint density at radius 2 is 1.75 bits per heavy atom. The summed E-state index contributed by atoms with van der Waals surface area (Å²) in [5.74, 6) is 3.22. The Labute approximate surface area is 101 Å². The van der Waals surface area contributed by atoms with Gasteiger partial charge in [-0.2, -0.15) is 0 Å². The maximum atomic E-state index is 6.89. The molecule has 1 aliphatic carbocycles. The van der Waals surface area contributed by atoms with Gasteiger partial charge in [0.25, 0.3) is 0 Å². The van der Waals surface area contributed by atoms with Gasteiger partial charge in [0.05, 0.1) is 0 Å². The highest BCUT2D eigenvalue weighted by Crippen LogP contribution is 2.35. The van der Waals surface area contributed by atoms with Crippen molar-refractivity contribution in [3.63, 3.8) is 0 Å². The van der Waals surface area contributed by atoms with Crippen LogP contribution in [0.5, 0.6) is 0 Å². The number of terminal acetylenes is 1. The van der Waals surface area contributed by atoms with Crippen LogP contribution < -0.4 is 0 Å². The fraction of sp³-hybridized carbons (Fsp3) is 0.857. The van der Waals surface area contributed by atoms with Gasteiger partial charge in [0.1, 0.15) is 6.97 Å². The van der Waals surface area contributed by atoms with Gasteiger partial charge >= 0.3 is 0 Å². The first-order valence-electron chi connectivity index (χ1n) is 6.68. The van der Waals surface area contributed by atoms with E-state index >= 15 is 0 Å². The van der Waals surface area contributed by atoms with Gasteiger partial charge in [-0.05, 0) is 46.5 Å². The monoisotopic (exact) mass is 225 g/mol. The second-order valence-corrected chi connectivity index (χ2v) is 5.74. The molecular formula is C14H24O2. The van der Waals surface area contributed by atoms with Gasteiger partial charge in [0.2, 0.25) is 0 Å². The predicted molar refractivity (Wildman–Crippen MR) is 65.7 cm³/mol. The van der Waals surface area contributed by atoms with E-state index in [1.807, 2.05) is 13.8 Å². The third-order valence-electron chi connectivity index (χ3n) is 3.35. The van der Waals surface area contributed by atoms with Crippen LogP contribution in [0.3, 0.4) is 0 Å². The van der Waals surface area contributed by atoms with Crippen molar-refractivity contribution in [1.29, 1.82) is 0 Å². The minimum absolute atomic E-state index is 0.276. The Kier molecular flexibility index (Phi) is 3.89. The number of hydrogen-bond donors (Lipinski definition) is 0. The highest BCUT2D eigenvalue weighted by molar-refractivity contribution is 5.02. The zero-order chi connectivity index (χ0) is 12.9. The van der Waals surface area contributed by atoms with Crippen LogP contribution in [0.1, 0.15) is 61.2 Å². The molecule has 0 aliphatic heterocycles. The first-order valence-corrected chi connectivity index (χ1v) is 6.18. The average Bonchev–Trinajstić information content (AvgIpc) is 2.28. The minimum atomic E-state index is -0.715. The molecule has 0 spiro atoms. The summed E-state index contributed by atoms with van der Waals surface area (Å²) in [7, 11) is 0. The van der Waals surface area contributed by atoms with Gasteiger partial charge < -0.3 is 0 Å². The lowest BCUT2D eigenvalue weighted by atomic mass is 9.79. The second-order valence-electron chi connectivity index (χ2n) is 5.74. The molecular weight excluding hydrogens is 200 g/mol. The lowest BCUT2D eigenvalue weighted by molar-refractivity contribution is -0.398. The number of rotatable bonds is 4. The Morgan fingerprint density at radius 3 is 2.31 bits per heavy atom. The maximum absolute atomic E-state index is 6.89. The van der Waals surface area contributed by atoms with Crippen molar-refractivity contribution in [1.82, 2.24) is 0 Å². The van der Waals surface area contributed by atoms with Gasteiger partial charge in [0.15, 0.2) is 5.60 Å². The van der Waals surface area contributed by atoms with E-state index in [2.05, 4.69) is 26.2 Å². The molecule has 0 saturated heterocycles. The van der Waals surface area contributed by atoms with E-state index in [1.165, 1.54) is 32.1 Å². The van der Waals surface area contributed by atoms with Gasteiger partial charge in [-0.25, -0.2) is 9.78 Å². The molecule has 0 unspecified atom stereocenters. The van der Waals surface area contributed by atoms with Crippen LogP contribution in [-0.2, 0) is 9.78 Å². The molecule has 2 nitrogen and oxygen atoms in total. The molecule has 0 heterocycles. The van der Waals surface area contributed by atoms with E-state index < -0.39 is 5.60 Å². The van der Waals surface area contributed by atoms with Crippen molar-refractivity contribution in [3.05, 3.63) is 0 Å². The largest absolute Gasteiger partial charge is 0.229 e. The van der Waals surface area contributed by atoms with Crippen LogP contribution in [-0.4, -0.2) is 11.2 Å². The van der Waals surface area contributed by atoms with Crippen molar-refractivity contribution < 1.29 is 11.1 Å². The molecule has 0 atom stereocenters. The van der Waals surface area contributed by atoms with E-state index in [-0.39, 0.29) is 5.60 Å². The van der Waals surface area contributed by atoms with Crippen LogP contribution in [0.2, 0.25) is 0 Å². The van der Waals surface area contributed by atoms with Gasteiger partial charge in [0, 0.05) is 0 Å². The molecule has 1 rings (SSSR count). The molecule has 0 amide bonds. The summed E-state index contributed by atoms with van der Waals surface area (Å²) in [6.45, 7) is 7.78. The normalized spacial score (nSPS) is 19.9. The summed E-state index contributed by atoms with van der Waals surface area (Å²) in [5.41, 5.74) is -0.991. The molecule has 1 aliphatic rings.